The molecule has 0 fully saturated rings. The molecule has 2 rings (SSSR count). The van der Waals surface area contributed by atoms with Gasteiger partial charge < -0.3 is 15.5 Å². The SMILES string of the molecule is CCNCCNCc1ccc2c(c1)CC(=O)N2C. The molecule has 1 heterocycles. The van der Waals surface area contributed by atoms with E-state index in [9.17, 15) is 4.79 Å². The van der Waals surface area contributed by atoms with Gasteiger partial charge in [0.05, 0.1) is 6.42 Å². The summed E-state index contributed by atoms with van der Waals surface area (Å²) in [4.78, 5) is 13.3. The lowest BCUT2D eigenvalue weighted by Gasteiger charge is -2.11. The van der Waals surface area contributed by atoms with Crippen LogP contribution in [-0.2, 0) is 17.8 Å². The average Bonchev–Trinajstić information content (AvgIpc) is 2.65. The van der Waals surface area contributed by atoms with Crippen molar-refractivity contribution in [1.29, 1.82) is 0 Å². The summed E-state index contributed by atoms with van der Waals surface area (Å²) in [5, 5.41) is 6.66. The Hall–Kier alpha value is -1.39. The van der Waals surface area contributed by atoms with Crippen LogP contribution >= 0.6 is 0 Å². The Morgan fingerprint density at radius 2 is 2.06 bits per heavy atom. The van der Waals surface area contributed by atoms with Crippen molar-refractivity contribution in [1.82, 2.24) is 10.6 Å². The lowest BCUT2D eigenvalue weighted by Crippen LogP contribution is -2.26. The molecule has 1 aliphatic rings. The normalized spacial score (nSPS) is 14.1. The highest BCUT2D eigenvalue weighted by Crippen LogP contribution is 2.28. The zero-order chi connectivity index (χ0) is 13.0. The largest absolute Gasteiger partial charge is 0.316 e. The minimum Gasteiger partial charge on any atom is -0.316 e. The number of likely N-dealkylation sites (N-methyl/N-ethyl adjacent to an activating group) is 2. The molecule has 0 aliphatic carbocycles. The van der Waals surface area contributed by atoms with Crippen LogP contribution in [0, 0.1) is 0 Å². The summed E-state index contributed by atoms with van der Waals surface area (Å²) >= 11 is 0. The number of hydrogen-bond acceptors (Lipinski definition) is 3. The van der Waals surface area contributed by atoms with Gasteiger partial charge in [0, 0.05) is 32.4 Å². The molecule has 1 amide bonds. The molecule has 4 heteroatoms. The monoisotopic (exact) mass is 247 g/mol. The van der Waals surface area contributed by atoms with Gasteiger partial charge in [-0.25, -0.2) is 0 Å². The highest BCUT2D eigenvalue weighted by Gasteiger charge is 2.23. The predicted octanol–water partition coefficient (Wildman–Crippen LogP) is 0.905. The van der Waals surface area contributed by atoms with E-state index in [2.05, 4.69) is 29.7 Å². The number of fused-ring (bicyclic) bond motifs is 1. The van der Waals surface area contributed by atoms with Crippen LogP contribution in [0.2, 0.25) is 0 Å². The molecule has 98 valence electrons. The van der Waals surface area contributed by atoms with Gasteiger partial charge in [0.15, 0.2) is 0 Å². The molecule has 0 bridgehead atoms. The number of carbonyl (C=O) groups is 1. The molecule has 18 heavy (non-hydrogen) atoms. The Morgan fingerprint density at radius 3 is 2.83 bits per heavy atom. The number of rotatable bonds is 6. The van der Waals surface area contributed by atoms with Crippen molar-refractivity contribution in [2.75, 3.05) is 31.6 Å². The van der Waals surface area contributed by atoms with E-state index in [4.69, 9.17) is 0 Å². The van der Waals surface area contributed by atoms with E-state index in [0.29, 0.717) is 6.42 Å². The number of hydrogen-bond donors (Lipinski definition) is 2. The lowest BCUT2D eigenvalue weighted by atomic mass is 10.1. The third-order valence-corrected chi connectivity index (χ3v) is 3.28. The second-order valence-corrected chi connectivity index (χ2v) is 4.62. The maximum Gasteiger partial charge on any atom is 0.231 e. The molecule has 0 atom stereocenters. The third-order valence-electron chi connectivity index (χ3n) is 3.28. The van der Waals surface area contributed by atoms with Gasteiger partial charge in [-0.3, -0.25) is 4.79 Å². The van der Waals surface area contributed by atoms with E-state index in [-0.39, 0.29) is 5.91 Å². The Morgan fingerprint density at radius 1 is 1.28 bits per heavy atom. The Labute approximate surface area is 108 Å². The third kappa shape index (κ3) is 2.89. The Balaban J connectivity index is 1.89. The zero-order valence-corrected chi connectivity index (χ0v) is 11.1. The van der Waals surface area contributed by atoms with E-state index < -0.39 is 0 Å². The fourth-order valence-electron chi connectivity index (χ4n) is 2.22. The molecule has 0 unspecified atom stereocenters. The molecule has 1 aromatic carbocycles. The van der Waals surface area contributed by atoms with Crippen LogP contribution in [0.4, 0.5) is 5.69 Å². The molecule has 0 saturated carbocycles. The number of benzene rings is 1. The fourth-order valence-corrected chi connectivity index (χ4v) is 2.22. The molecule has 1 aliphatic heterocycles. The number of nitrogens with zero attached hydrogens (tertiary/aromatic N) is 1. The van der Waals surface area contributed by atoms with E-state index in [0.717, 1.165) is 37.4 Å². The number of carbonyl (C=O) groups excluding carboxylic acids is 1. The summed E-state index contributed by atoms with van der Waals surface area (Å²) in [5.41, 5.74) is 3.44. The van der Waals surface area contributed by atoms with Gasteiger partial charge in [0.2, 0.25) is 5.91 Å². The zero-order valence-electron chi connectivity index (χ0n) is 11.1. The predicted molar refractivity (Wildman–Crippen MR) is 73.8 cm³/mol. The van der Waals surface area contributed by atoms with Crippen molar-refractivity contribution in [2.24, 2.45) is 0 Å². The van der Waals surface area contributed by atoms with Crippen molar-refractivity contribution in [3.05, 3.63) is 29.3 Å². The molecule has 2 N–H and O–H groups in total. The van der Waals surface area contributed by atoms with Crippen LogP contribution in [-0.4, -0.2) is 32.6 Å². The first-order chi connectivity index (χ1) is 8.72. The summed E-state index contributed by atoms with van der Waals surface area (Å²) in [6.45, 7) is 5.92. The average molecular weight is 247 g/mol. The summed E-state index contributed by atoms with van der Waals surface area (Å²) in [5.74, 6) is 0.183. The quantitative estimate of drug-likeness (QED) is 0.734. The first-order valence-electron chi connectivity index (χ1n) is 6.52. The standard InChI is InChI=1S/C14H21N3O/c1-3-15-6-7-16-10-11-4-5-13-12(8-11)9-14(18)17(13)2/h4-5,8,15-16H,3,6-7,9-10H2,1-2H3. The van der Waals surface area contributed by atoms with Crippen molar-refractivity contribution in [3.8, 4) is 0 Å². The van der Waals surface area contributed by atoms with Crippen LogP contribution in [0.25, 0.3) is 0 Å². The fraction of sp³-hybridized carbons (Fsp3) is 0.500. The van der Waals surface area contributed by atoms with Gasteiger partial charge in [-0.2, -0.15) is 0 Å². The molecule has 0 spiro atoms. The van der Waals surface area contributed by atoms with Crippen LogP contribution in [0.3, 0.4) is 0 Å². The summed E-state index contributed by atoms with van der Waals surface area (Å²) in [6, 6.07) is 6.27. The first kappa shape index (κ1) is 13.1. The van der Waals surface area contributed by atoms with E-state index >= 15 is 0 Å². The minimum absolute atomic E-state index is 0.183. The maximum atomic E-state index is 11.6. The summed E-state index contributed by atoms with van der Waals surface area (Å²) < 4.78 is 0. The maximum absolute atomic E-state index is 11.6. The number of anilines is 1. The molecule has 0 saturated heterocycles. The molecule has 4 nitrogen and oxygen atoms in total. The van der Waals surface area contributed by atoms with Gasteiger partial charge in [0.1, 0.15) is 0 Å². The van der Waals surface area contributed by atoms with Crippen LogP contribution in [0.15, 0.2) is 18.2 Å². The second kappa shape index (κ2) is 5.98. The van der Waals surface area contributed by atoms with Crippen molar-refractivity contribution in [3.63, 3.8) is 0 Å². The van der Waals surface area contributed by atoms with E-state index in [1.54, 1.807) is 4.90 Å². The summed E-state index contributed by atoms with van der Waals surface area (Å²) in [6.07, 6.45) is 0.539. The molecule has 0 radical (unpaired) electrons. The summed E-state index contributed by atoms with van der Waals surface area (Å²) in [7, 11) is 1.84. The Kier molecular flexibility index (Phi) is 4.33. The molecular formula is C14H21N3O. The molecule has 1 aromatic rings. The van der Waals surface area contributed by atoms with Crippen LogP contribution < -0.4 is 15.5 Å². The Bertz CT molecular complexity index is 431. The first-order valence-corrected chi connectivity index (χ1v) is 6.52. The minimum atomic E-state index is 0.183. The lowest BCUT2D eigenvalue weighted by molar-refractivity contribution is -0.117. The van der Waals surface area contributed by atoms with Crippen molar-refractivity contribution >= 4 is 11.6 Å². The smallest absolute Gasteiger partial charge is 0.231 e. The van der Waals surface area contributed by atoms with E-state index in [1.807, 2.05) is 13.1 Å². The second-order valence-electron chi connectivity index (χ2n) is 4.62. The van der Waals surface area contributed by atoms with E-state index in [1.165, 1.54) is 5.56 Å². The number of nitrogens with one attached hydrogen (secondary N) is 2. The van der Waals surface area contributed by atoms with Gasteiger partial charge in [0.25, 0.3) is 0 Å². The highest BCUT2D eigenvalue weighted by atomic mass is 16.2. The van der Waals surface area contributed by atoms with Gasteiger partial charge in [-0.05, 0) is 23.7 Å². The number of amides is 1. The topological polar surface area (TPSA) is 44.4 Å². The van der Waals surface area contributed by atoms with Gasteiger partial charge in [-0.1, -0.05) is 19.1 Å². The van der Waals surface area contributed by atoms with Gasteiger partial charge >= 0.3 is 0 Å². The van der Waals surface area contributed by atoms with Crippen LogP contribution in [0.1, 0.15) is 18.1 Å². The van der Waals surface area contributed by atoms with Gasteiger partial charge in [-0.15, -0.1) is 0 Å². The van der Waals surface area contributed by atoms with Crippen LogP contribution in [0.5, 0.6) is 0 Å². The van der Waals surface area contributed by atoms with Crippen molar-refractivity contribution < 1.29 is 4.79 Å². The van der Waals surface area contributed by atoms with Crippen molar-refractivity contribution in [2.45, 2.75) is 19.9 Å². The highest BCUT2D eigenvalue weighted by molar-refractivity contribution is 6.00. The molecule has 0 aromatic heterocycles. The molecular weight excluding hydrogens is 226 g/mol.